The monoisotopic (exact) mass is 413 g/mol. The van der Waals surface area contributed by atoms with Crippen molar-refractivity contribution < 1.29 is 18.7 Å². The Morgan fingerprint density at radius 3 is 2.97 bits per heavy atom. The molecular formula is C21H23N3O4S. The Kier molecular flexibility index (Phi) is 6.66. The SMILES string of the molecule is O=C(CCc1nnc(-c2ccsc2)o1)OCC1CN(Cc2ccccc2)CCO1. The molecule has 7 nitrogen and oxygen atoms in total. The minimum Gasteiger partial charge on any atom is -0.463 e. The molecule has 0 N–H and O–H groups in total. The van der Waals surface area contributed by atoms with Crippen LogP contribution in [0.3, 0.4) is 0 Å². The highest BCUT2D eigenvalue weighted by molar-refractivity contribution is 7.08. The normalized spacial score (nSPS) is 17.3. The molecule has 2 aromatic heterocycles. The number of hydrogen-bond acceptors (Lipinski definition) is 8. The first-order valence-electron chi connectivity index (χ1n) is 9.65. The van der Waals surface area contributed by atoms with Gasteiger partial charge in [-0.3, -0.25) is 9.69 Å². The van der Waals surface area contributed by atoms with Crippen LogP contribution < -0.4 is 0 Å². The topological polar surface area (TPSA) is 77.7 Å². The minimum absolute atomic E-state index is 0.106. The van der Waals surface area contributed by atoms with Crippen LogP contribution in [-0.4, -0.2) is 53.5 Å². The van der Waals surface area contributed by atoms with Crippen LogP contribution >= 0.6 is 11.3 Å². The van der Waals surface area contributed by atoms with Crippen molar-refractivity contribution in [1.29, 1.82) is 0 Å². The molecule has 3 heterocycles. The summed E-state index contributed by atoms with van der Waals surface area (Å²) in [4.78, 5) is 14.4. The Hall–Kier alpha value is -2.55. The van der Waals surface area contributed by atoms with E-state index in [1.165, 1.54) is 5.56 Å². The minimum atomic E-state index is -0.288. The number of benzene rings is 1. The lowest BCUT2D eigenvalue weighted by molar-refractivity contribution is -0.150. The number of thiophene rings is 1. The van der Waals surface area contributed by atoms with Gasteiger partial charge in [-0.2, -0.15) is 11.3 Å². The molecule has 3 aromatic rings. The molecule has 0 bridgehead atoms. The molecule has 8 heteroatoms. The second-order valence-electron chi connectivity index (χ2n) is 6.91. The van der Waals surface area contributed by atoms with Gasteiger partial charge in [-0.1, -0.05) is 30.3 Å². The number of esters is 1. The fourth-order valence-corrected chi connectivity index (χ4v) is 3.82. The lowest BCUT2D eigenvalue weighted by Crippen LogP contribution is -2.44. The molecule has 0 radical (unpaired) electrons. The van der Waals surface area contributed by atoms with Gasteiger partial charge in [-0.15, -0.1) is 10.2 Å². The second-order valence-corrected chi connectivity index (χ2v) is 7.69. The Morgan fingerprint density at radius 1 is 1.24 bits per heavy atom. The zero-order valence-corrected chi connectivity index (χ0v) is 16.8. The van der Waals surface area contributed by atoms with Crippen molar-refractivity contribution in [2.75, 3.05) is 26.3 Å². The zero-order chi connectivity index (χ0) is 19.9. The summed E-state index contributed by atoms with van der Waals surface area (Å²) in [6.07, 6.45) is 0.456. The highest BCUT2D eigenvalue weighted by atomic mass is 32.1. The maximum absolute atomic E-state index is 12.1. The van der Waals surface area contributed by atoms with Crippen LogP contribution in [-0.2, 0) is 27.2 Å². The van der Waals surface area contributed by atoms with Crippen molar-refractivity contribution in [2.24, 2.45) is 0 Å². The van der Waals surface area contributed by atoms with E-state index in [9.17, 15) is 4.79 Å². The van der Waals surface area contributed by atoms with Gasteiger partial charge in [0.05, 0.1) is 13.0 Å². The van der Waals surface area contributed by atoms with Gasteiger partial charge in [0.25, 0.3) is 0 Å². The van der Waals surface area contributed by atoms with Crippen LogP contribution in [0, 0.1) is 0 Å². The van der Waals surface area contributed by atoms with Crippen molar-refractivity contribution >= 4 is 17.3 Å². The van der Waals surface area contributed by atoms with Crippen LogP contribution in [0.5, 0.6) is 0 Å². The lowest BCUT2D eigenvalue weighted by atomic mass is 10.2. The quantitative estimate of drug-likeness (QED) is 0.525. The molecule has 1 fully saturated rings. The summed E-state index contributed by atoms with van der Waals surface area (Å²) in [6, 6.07) is 12.3. The van der Waals surface area contributed by atoms with E-state index in [-0.39, 0.29) is 25.1 Å². The van der Waals surface area contributed by atoms with Crippen molar-refractivity contribution in [2.45, 2.75) is 25.5 Å². The molecule has 0 spiro atoms. The summed E-state index contributed by atoms with van der Waals surface area (Å²) in [5, 5.41) is 11.9. The molecule has 1 aliphatic heterocycles. The molecule has 0 aliphatic carbocycles. The number of aryl methyl sites for hydroxylation is 1. The lowest BCUT2D eigenvalue weighted by Gasteiger charge is -2.32. The predicted molar refractivity (Wildman–Crippen MR) is 108 cm³/mol. The van der Waals surface area contributed by atoms with Crippen LogP contribution in [0.1, 0.15) is 17.9 Å². The molecular weight excluding hydrogens is 390 g/mol. The molecule has 1 aromatic carbocycles. The molecule has 0 amide bonds. The van der Waals surface area contributed by atoms with Gasteiger partial charge in [0.2, 0.25) is 11.8 Å². The van der Waals surface area contributed by atoms with Gasteiger partial charge in [0.1, 0.15) is 12.7 Å². The van der Waals surface area contributed by atoms with Gasteiger partial charge in [-0.05, 0) is 17.0 Å². The molecule has 1 atom stereocenters. The summed E-state index contributed by atoms with van der Waals surface area (Å²) < 4.78 is 16.7. The fraction of sp³-hybridized carbons (Fsp3) is 0.381. The van der Waals surface area contributed by atoms with Crippen LogP contribution in [0.15, 0.2) is 51.6 Å². The third kappa shape index (κ3) is 5.72. The number of ether oxygens (including phenoxy) is 2. The van der Waals surface area contributed by atoms with E-state index in [1.807, 2.05) is 35.0 Å². The van der Waals surface area contributed by atoms with Gasteiger partial charge in [-0.25, -0.2) is 0 Å². The van der Waals surface area contributed by atoms with E-state index >= 15 is 0 Å². The number of morpholine rings is 1. The number of hydrogen-bond donors (Lipinski definition) is 0. The Morgan fingerprint density at radius 2 is 2.14 bits per heavy atom. The van der Waals surface area contributed by atoms with Crippen molar-refractivity contribution in [3.8, 4) is 11.5 Å². The first kappa shape index (κ1) is 19.8. The summed E-state index contributed by atoms with van der Waals surface area (Å²) in [7, 11) is 0. The van der Waals surface area contributed by atoms with Gasteiger partial charge in [0, 0.05) is 37.0 Å². The van der Waals surface area contributed by atoms with Crippen LogP contribution in [0.2, 0.25) is 0 Å². The maximum Gasteiger partial charge on any atom is 0.306 e. The highest BCUT2D eigenvalue weighted by Gasteiger charge is 2.22. The summed E-state index contributed by atoms with van der Waals surface area (Å²) in [5.41, 5.74) is 2.16. The number of carbonyl (C=O) groups is 1. The largest absolute Gasteiger partial charge is 0.463 e. The highest BCUT2D eigenvalue weighted by Crippen LogP contribution is 2.20. The van der Waals surface area contributed by atoms with Crippen LogP contribution in [0.4, 0.5) is 0 Å². The molecule has 29 heavy (non-hydrogen) atoms. The third-order valence-electron chi connectivity index (χ3n) is 4.68. The molecule has 1 aliphatic rings. The van der Waals surface area contributed by atoms with Crippen LogP contribution in [0.25, 0.3) is 11.5 Å². The molecule has 1 saturated heterocycles. The number of aromatic nitrogens is 2. The zero-order valence-electron chi connectivity index (χ0n) is 16.0. The Labute approximate surface area is 173 Å². The van der Waals surface area contributed by atoms with Crippen molar-refractivity contribution in [3.05, 3.63) is 58.6 Å². The van der Waals surface area contributed by atoms with Gasteiger partial charge < -0.3 is 13.9 Å². The maximum atomic E-state index is 12.1. The first-order valence-corrected chi connectivity index (χ1v) is 10.6. The summed E-state index contributed by atoms with van der Waals surface area (Å²) in [5.74, 6) is 0.624. The molecule has 4 rings (SSSR count). The van der Waals surface area contributed by atoms with E-state index in [4.69, 9.17) is 13.9 Å². The standard InChI is InChI=1S/C21H23N3O4S/c25-20(7-6-19-22-23-21(28-19)17-8-11-29-15-17)27-14-18-13-24(9-10-26-18)12-16-4-2-1-3-5-16/h1-5,8,11,15,18H,6-7,9-10,12-14H2. The smallest absolute Gasteiger partial charge is 0.306 e. The third-order valence-corrected chi connectivity index (χ3v) is 5.36. The second kappa shape index (κ2) is 9.78. The number of rotatable bonds is 8. The number of carbonyl (C=O) groups excluding carboxylic acids is 1. The molecule has 1 unspecified atom stereocenters. The molecule has 152 valence electrons. The Bertz CT molecular complexity index is 898. The van der Waals surface area contributed by atoms with Gasteiger partial charge >= 0.3 is 5.97 Å². The summed E-state index contributed by atoms with van der Waals surface area (Å²) in [6.45, 7) is 3.40. The molecule has 0 saturated carbocycles. The average molecular weight is 413 g/mol. The van der Waals surface area contributed by atoms with E-state index in [1.54, 1.807) is 11.3 Å². The van der Waals surface area contributed by atoms with Crippen molar-refractivity contribution in [3.63, 3.8) is 0 Å². The average Bonchev–Trinajstić information content (AvgIpc) is 3.43. The van der Waals surface area contributed by atoms with Crippen molar-refractivity contribution in [1.82, 2.24) is 15.1 Å². The summed E-state index contributed by atoms with van der Waals surface area (Å²) >= 11 is 1.57. The number of nitrogens with zero attached hydrogens (tertiary/aromatic N) is 3. The van der Waals surface area contributed by atoms with E-state index in [0.717, 1.165) is 25.2 Å². The van der Waals surface area contributed by atoms with E-state index in [0.29, 0.717) is 24.8 Å². The predicted octanol–water partition coefficient (Wildman–Crippen LogP) is 3.17. The van der Waals surface area contributed by atoms with Gasteiger partial charge in [0.15, 0.2) is 0 Å². The Balaban J connectivity index is 1.18. The van der Waals surface area contributed by atoms with E-state index < -0.39 is 0 Å². The fourth-order valence-electron chi connectivity index (χ4n) is 3.19. The first-order chi connectivity index (χ1) is 14.3. The van der Waals surface area contributed by atoms with E-state index in [2.05, 4.69) is 27.2 Å².